The molecule has 1 saturated heterocycles. The van der Waals surface area contributed by atoms with Crippen LogP contribution in [-0.2, 0) is 9.53 Å². The Morgan fingerprint density at radius 3 is 3.14 bits per heavy atom. The van der Waals surface area contributed by atoms with Crippen molar-refractivity contribution in [3.05, 3.63) is 36.7 Å². The molecular formula is C17H21N3O2. The monoisotopic (exact) mass is 299 g/mol. The number of pyridine rings is 1. The molecule has 2 heterocycles. The largest absolute Gasteiger partial charge is 0.381 e. The number of amides is 1. The second-order valence-electron chi connectivity index (χ2n) is 5.85. The zero-order chi connectivity index (χ0) is 15.4. The van der Waals surface area contributed by atoms with Gasteiger partial charge in [0.25, 0.3) is 0 Å². The van der Waals surface area contributed by atoms with Crippen LogP contribution in [0.2, 0.25) is 0 Å². The molecule has 0 radical (unpaired) electrons. The SMILES string of the molecule is NC(CC1CCCOC1)C(=O)Nc1ccc2cnccc2c1. The summed E-state index contributed by atoms with van der Waals surface area (Å²) in [6.07, 6.45) is 6.35. The molecule has 0 bridgehead atoms. The first-order chi connectivity index (χ1) is 10.7. The molecule has 2 atom stereocenters. The number of nitrogens with one attached hydrogen (secondary N) is 1. The van der Waals surface area contributed by atoms with Crippen LogP contribution in [0.15, 0.2) is 36.7 Å². The molecule has 5 nitrogen and oxygen atoms in total. The number of fused-ring (bicyclic) bond motifs is 1. The van der Waals surface area contributed by atoms with Gasteiger partial charge >= 0.3 is 0 Å². The topological polar surface area (TPSA) is 77.2 Å². The molecule has 3 N–H and O–H groups in total. The van der Waals surface area contributed by atoms with Crippen molar-refractivity contribution in [3.63, 3.8) is 0 Å². The Morgan fingerprint density at radius 1 is 1.41 bits per heavy atom. The van der Waals surface area contributed by atoms with Gasteiger partial charge in [0.2, 0.25) is 5.91 Å². The Morgan fingerprint density at radius 2 is 2.32 bits per heavy atom. The van der Waals surface area contributed by atoms with Crippen molar-refractivity contribution in [2.24, 2.45) is 11.7 Å². The summed E-state index contributed by atoms with van der Waals surface area (Å²) >= 11 is 0. The summed E-state index contributed by atoms with van der Waals surface area (Å²) in [6, 6.07) is 7.17. The van der Waals surface area contributed by atoms with E-state index in [0.29, 0.717) is 18.9 Å². The highest BCUT2D eigenvalue weighted by Gasteiger charge is 2.21. The standard InChI is InChI=1S/C17H21N3O2/c18-16(8-12-2-1-7-22-11-12)17(21)20-15-4-3-14-10-19-6-5-13(14)9-15/h3-6,9-10,12,16H,1-2,7-8,11,18H2,(H,20,21). The quantitative estimate of drug-likeness (QED) is 0.908. The predicted octanol–water partition coefficient (Wildman–Crippen LogP) is 2.32. The normalized spacial score (nSPS) is 19.8. The number of ether oxygens (including phenoxy) is 1. The van der Waals surface area contributed by atoms with Crippen molar-refractivity contribution in [3.8, 4) is 0 Å². The summed E-state index contributed by atoms with van der Waals surface area (Å²) in [5, 5.41) is 4.99. The van der Waals surface area contributed by atoms with Crippen LogP contribution < -0.4 is 11.1 Å². The van der Waals surface area contributed by atoms with Crippen LogP contribution in [0.5, 0.6) is 0 Å². The van der Waals surface area contributed by atoms with Crippen LogP contribution in [0.4, 0.5) is 5.69 Å². The molecule has 2 unspecified atom stereocenters. The van der Waals surface area contributed by atoms with Gasteiger partial charge in [-0.2, -0.15) is 0 Å². The van der Waals surface area contributed by atoms with Crippen molar-refractivity contribution in [1.82, 2.24) is 4.98 Å². The number of hydrogen-bond acceptors (Lipinski definition) is 4. The second kappa shape index (κ2) is 6.85. The number of nitrogens with zero attached hydrogens (tertiary/aromatic N) is 1. The van der Waals surface area contributed by atoms with E-state index in [1.807, 2.05) is 24.3 Å². The van der Waals surface area contributed by atoms with Crippen LogP contribution in [0.25, 0.3) is 10.8 Å². The fourth-order valence-electron chi connectivity index (χ4n) is 2.86. The van der Waals surface area contributed by atoms with E-state index in [4.69, 9.17) is 10.5 Å². The average Bonchev–Trinajstić information content (AvgIpc) is 2.55. The van der Waals surface area contributed by atoms with Crippen LogP contribution in [0.3, 0.4) is 0 Å². The second-order valence-corrected chi connectivity index (χ2v) is 5.85. The smallest absolute Gasteiger partial charge is 0.241 e. The van der Waals surface area contributed by atoms with Crippen LogP contribution in [0, 0.1) is 5.92 Å². The van der Waals surface area contributed by atoms with Crippen molar-refractivity contribution in [1.29, 1.82) is 0 Å². The first-order valence-corrected chi connectivity index (χ1v) is 7.70. The summed E-state index contributed by atoms with van der Waals surface area (Å²) in [5.74, 6) is 0.246. The molecular weight excluding hydrogens is 278 g/mol. The molecule has 1 aromatic carbocycles. The lowest BCUT2D eigenvalue weighted by Gasteiger charge is -2.24. The Hall–Kier alpha value is -1.98. The molecule has 1 aliphatic rings. The van der Waals surface area contributed by atoms with Crippen LogP contribution in [-0.4, -0.2) is 30.1 Å². The molecule has 3 rings (SSSR count). The van der Waals surface area contributed by atoms with Crippen molar-refractivity contribution >= 4 is 22.4 Å². The molecule has 2 aromatic rings. The zero-order valence-electron chi connectivity index (χ0n) is 12.5. The molecule has 0 saturated carbocycles. The van der Waals surface area contributed by atoms with E-state index >= 15 is 0 Å². The lowest BCUT2D eigenvalue weighted by atomic mass is 9.94. The third-order valence-corrected chi connectivity index (χ3v) is 4.09. The Bertz CT molecular complexity index is 653. The van der Waals surface area contributed by atoms with Crippen molar-refractivity contribution < 1.29 is 9.53 Å². The molecule has 1 aliphatic heterocycles. The summed E-state index contributed by atoms with van der Waals surface area (Å²) in [4.78, 5) is 16.3. The summed E-state index contributed by atoms with van der Waals surface area (Å²) in [6.45, 7) is 1.54. The Kier molecular flexibility index (Phi) is 4.65. The minimum absolute atomic E-state index is 0.140. The molecule has 0 spiro atoms. The zero-order valence-corrected chi connectivity index (χ0v) is 12.5. The van der Waals surface area contributed by atoms with Gasteiger partial charge in [0.1, 0.15) is 0 Å². The summed E-state index contributed by atoms with van der Waals surface area (Å²) < 4.78 is 5.44. The molecule has 22 heavy (non-hydrogen) atoms. The fraction of sp³-hybridized carbons (Fsp3) is 0.412. The maximum Gasteiger partial charge on any atom is 0.241 e. The maximum atomic E-state index is 12.2. The van der Waals surface area contributed by atoms with Crippen LogP contribution >= 0.6 is 0 Å². The maximum absolute atomic E-state index is 12.2. The number of carbonyl (C=O) groups is 1. The van der Waals surface area contributed by atoms with Gasteiger partial charge in [-0.1, -0.05) is 6.07 Å². The van der Waals surface area contributed by atoms with Gasteiger partial charge in [-0.3, -0.25) is 9.78 Å². The van der Waals surface area contributed by atoms with Gasteiger partial charge in [0.05, 0.1) is 6.04 Å². The first-order valence-electron chi connectivity index (χ1n) is 7.70. The van der Waals surface area contributed by atoms with Gasteiger partial charge in [0, 0.05) is 36.7 Å². The van der Waals surface area contributed by atoms with Crippen LogP contribution in [0.1, 0.15) is 19.3 Å². The van der Waals surface area contributed by atoms with Gasteiger partial charge in [-0.15, -0.1) is 0 Å². The number of rotatable bonds is 4. The number of anilines is 1. The number of benzene rings is 1. The van der Waals surface area contributed by atoms with Gasteiger partial charge in [0.15, 0.2) is 0 Å². The van der Waals surface area contributed by atoms with E-state index in [0.717, 1.165) is 35.9 Å². The van der Waals surface area contributed by atoms with E-state index in [1.165, 1.54) is 0 Å². The lowest BCUT2D eigenvalue weighted by Crippen LogP contribution is -2.38. The van der Waals surface area contributed by atoms with Gasteiger partial charge in [-0.25, -0.2) is 0 Å². The molecule has 1 aromatic heterocycles. The summed E-state index contributed by atoms with van der Waals surface area (Å²) in [5.41, 5.74) is 6.79. The molecule has 116 valence electrons. The van der Waals surface area contributed by atoms with Crippen molar-refractivity contribution in [2.45, 2.75) is 25.3 Å². The first kappa shape index (κ1) is 14.9. The van der Waals surface area contributed by atoms with E-state index in [1.54, 1.807) is 12.4 Å². The van der Waals surface area contributed by atoms with Crippen molar-refractivity contribution in [2.75, 3.05) is 18.5 Å². The van der Waals surface area contributed by atoms with Gasteiger partial charge < -0.3 is 15.8 Å². The van der Waals surface area contributed by atoms with E-state index in [2.05, 4.69) is 10.3 Å². The highest BCUT2D eigenvalue weighted by atomic mass is 16.5. The average molecular weight is 299 g/mol. The lowest BCUT2D eigenvalue weighted by molar-refractivity contribution is -0.118. The third-order valence-electron chi connectivity index (χ3n) is 4.09. The predicted molar refractivity (Wildman–Crippen MR) is 86.5 cm³/mol. The highest BCUT2D eigenvalue weighted by Crippen LogP contribution is 2.20. The fourth-order valence-corrected chi connectivity index (χ4v) is 2.86. The van der Waals surface area contributed by atoms with E-state index < -0.39 is 6.04 Å². The number of aromatic nitrogens is 1. The minimum Gasteiger partial charge on any atom is -0.381 e. The molecule has 1 fully saturated rings. The minimum atomic E-state index is -0.500. The molecule has 5 heteroatoms. The summed E-state index contributed by atoms with van der Waals surface area (Å²) in [7, 11) is 0. The number of nitrogens with two attached hydrogens (primary N) is 1. The number of carbonyl (C=O) groups excluding carboxylic acids is 1. The Labute approximate surface area is 129 Å². The van der Waals surface area contributed by atoms with E-state index in [-0.39, 0.29) is 5.91 Å². The molecule has 0 aliphatic carbocycles. The van der Waals surface area contributed by atoms with E-state index in [9.17, 15) is 4.79 Å². The van der Waals surface area contributed by atoms with Gasteiger partial charge in [-0.05, 0) is 48.8 Å². The number of hydrogen-bond donors (Lipinski definition) is 2. The third kappa shape index (κ3) is 3.61. The molecule has 1 amide bonds. The Balaban J connectivity index is 1.61. The highest BCUT2D eigenvalue weighted by molar-refractivity contribution is 5.97.